The summed E-state index contributed by atoms with van der Waals surface area (Å²) in [6.45, 7) is 5.41. The molecule has 0 amide bonds. The Balaban J connectivity index is 1.46. The molecule has 1 aromatic carbocycles. The molecule has 1 fully saturated rings. The molecule has 1 aromatic heterocycles. The lowest BCUT2D eigenvalue weighted by atomic mass is 10.2. The molecule has 0 spiro atoms. The summed E-state index contributed by atoms with van der Waals surface area (Å²) in [7, 11) is 0. The topological polar surface area (TPSA) is 28.6 Å². The van der Waals surface area contributed by atoms with Gasteiger partial charge in [-0.25, -0.2) is 0 Å². The molecule has 3 rings (SSSR count). The minimum absolute atomic E-state index is 0.183. The highest BCUT2D eigenvalue weighted by Crippen LogP contribution is 2.23. The number of ether oxygens (including phenoxy) is 1. The highest BCUT2D eigenvalue weighted by atomic mass is 19.4. The summed E-state index contributed by atoms with van der Waals surface area (Å²) in [5.41, 5.74) is 2.19. The molecule has 4 nitrogen and oxygen atoms in total. The number of alkyl halides is 3. The molecular weight excluding hydrogens is 331 g/mol. The van der Waals surface area contributed by atoms with Crippen molar-refractivity contribution in [2.45, 2.75) is 19.5 Å². The van der Waals surface area contributed by atoms with Gasteiger partial charge in [-0.05, 0) is 29.3 Å². The third kappa shape index (κ3) is 5.72. The second kappa shape index (κ2) is 7.84. The van der Waals surface area contributed by atoms with Gasteiger partial charge in [0, 0.05) is 51.7 Å². The van der Waals surface area contributed by atoms with Gasteiger partial charge in [-0.3, -0.25) is 14.8 Å². The Bertz CT molecular complexity index is 654. The van der Waals surface area contributed by atoms with Crippen molar-refractivity contribution in [3.8, 4) is 5.75 Å². The van der Waals surface area contributed by atoms with Gasteiger partial charge in [0.05, 0.1) is 0 Å². The molecule has 7 heteroatoms. The lowest BCUT2D eigenvalue weighted by Crippen LogP contribution is -2.45. The molecule has 0 bridgehead atoms. The predicted octanol–water partition coefficient (Wildman–Crippen LogP) is 3.30. The summed E-state index contributed by atoms with van der Waals surface area (Å²) in [6, 6.07) is 10.1. The number of rotatable bonds is 5. The van der Waals surface area contributed by atoms with Crippen LogP contribution < -0.4 is 4.74 Å². The maximum absolute atomic E-state index is 12.2. The lowest BCUT2D eigenvalue weighted by Gasteiger charge is -2.34. The summed E-state index contributed by atoms with van der Waals surface area (Å²) in [4.78, 5) is 8.82. The summed E-state index contributed by atoms with van der Waals surface area (Å²) in [5, 5.41) is 0. The van der Waals surface area contributed by atoms with Crippen LogP contribution in [0, 0.1) is 0 Å². The van der Waals surface area contributed by atoms with Crippen molar-refractivity contribution < 1.29 is 17.9 Å². The smallest absolute Gasteiger partial charge is 0.406 e. The number of pyridine rings is 1. The minimum Gasteiger partial charge on any atom is -0.406 e. The highest BCUT2D eigenvalue weighted by molar-refractivity contribution is 5.27. The van der Waals surface area contributed by atoms with Crippen molar-refractivity contribution in [1.82, 2.24) is 14.8 Å². The molecule has 2 heterocycles. The number of hydrogen-bond donors (Lipinski definition) is 0. The van der Waals surface area contributed by atoms with Crippen molar-refractivity contribution in [3.05, 3.63) is 59.9 Å². The first kappa shape index (κ1) is 17.7. The van der Waals surface area contributed by atoms with Crippen LogP contribution in [0.2, 0.25) is 0 Å². The SMILES string of the molecule is FC(F)(F)Oc1ccc(CN2CCN(Cc3cccnc3)CC2)cc1. The van der Waals surface area contributed by atoms with Crippen LogP contribution in [-0.2, 0) is 13.1 Å². The Morgan fingerprint density at radius 2 is 1.48 bits per heavy atom. The average molecular weight is 351 g/mol. The molecule has 0 saturated carbocycles. The molecule has 2 aromatic rings. The Labute approximate surface area is 144 Å². The van der Waals surface area contributed by atoms with Crippen LogP contribution in [0.25, 0.3) is 0 Å². The maximum Gasteiger partial charge on any atom is 0.573 e. The summed E-state index contributed by atoms with van der Waals surface area (Å²) < 4.78 is 40.4. The van der Waals surface area contributed by atoms with E-state index in [0.717, 1.165) is 44.8 Å². The third-order valence-corrected chi connectivity index (χ3v) is 4.16. The van der Waals surface area contributed by atoms with Crippen LogP contribution in [0.15, 0.2) is 48.8 Å². The van der Waals surface area contributed by atoms with E-state index in [4.69, 9.17) is 0 Å². The van der Waals surface area contributed by atoms with Crippen molar-refractivity contribution in [2.75, 3.05) is 26.2 Å². The van der Waals surface area contributed by atoms with Gasteiger partial charge in [0.1, 0.15) is 5.75 Å². The van der Waals surface area contributed by atoms with E-state index in [0.29, 0.717) is 0 Å². The van der Waals surface area contributed by atoms with Crippen LogP contribution in [0.1, 0.15) is 11.1 Å². The Morgan fingerprint density at radius 1 is 0.880 bits per heavy atom. The minimum atomic E-state index is -4.65. The molecule has 0 N–H and O–H groups in total. The Hall–Kier alpha value is -2.12. The predicted molar refractivity (Wildman–Crippen MR) is 87.9 cm³/mol. The summed E-state index contributed by atoms with van der Waals surface area (Å²) in [6.07, 6.45) is -0.991. The van der Waals surface area contributed by atoms with Gasteiger partial charge >= 0.3 is 6.36 Å². The quantitative estimate of drug-likeness (QED) is 0.826. The Morgan fingerprint density at radius 3 is 2.00 bits per heavy atom. The normalized spacial score (nSPS) is 16.8. The van der Waals surface area contributed by atoms with Gasteiger partial charge in [0.2, 0.25) is 0 Å². The fraction of sp³-hybridized carbons (Fsp3) is 0.389. The van der Waals surface area contributed by atoms with E-state index in [-0.39, 0.29) is 5.75 Å². The number of benzene rings is 1. The molecule has 1 aliphatic heterocycles. The first-order valence-electron chi connectivity index (χ1n) is 8.16. The second-order valence-corrected chi connectivity index (χ2v) is 6.11. The largest absolute Gasteiger partial charge is 0.573 e. The van der Waals surface area contributed by atoms with Crippen LogP contribution in [0.3, 0.4) is 0 Å². The maximum atomic E-state index is 12.2. The fourth-order valence-corrected chi connectivity index (χ4v) is 2.91. The number of aromatic nitrogens is 1. The van der Waals surface area contributed by atoms with E-state index < -0.39 is 6.36 Å². The van der Waals surface area contributed by atoms with Gasteiger partial charge in [-0.15, -0.1) is 13.2 Å². The molecule has 1 aliphatic rings. The molecular formula is C18H20F3N3O. The number of nitrogens with zero attached hydrogens (tertiary/aromatic N) is 3. The van der Waals surface area contributed by atoms with E-state index in [1.165, 1.54) is 17.7 Å². The van der Waals surface area contributed by atoms with E-state index in [1.54, 1.807) is 18.3 Å². The van der Waals surface area contributed by atoms with Crippen molar-refractivity contribution in [1.29, 1.82) is 0 Å². The fourth-order valence-electron chi connectivity index (χ4n) is 2.91. The summed E-state index contributed by atoms with van der Waals surface area (Å²) >= 11 is 0. The molecule has 0 radical (unpaired) electrons. The van der Waals surface area contributed by atoms with E-state index in [9.17, 15) is 13.2 Å². The monoisotopic (exact) mass is 351 g/mol. The van der Waals surface area contributed by atoms with Gasteiger partial charge < -0.3 is 4.74 Å². The zero-order valence-corrected chi connectivity index (χ0v) is 13.7. The average Bonchev–Trinajstić information content (AvgIpc) is 2.58. The highest BCUT2D eigenvalue weighted by Gasteiger charge is 2.31. The van der Waals surface area contributed by atoms with Crippen molar-refractivity contribution >= 4 is 0 Å². The standard InChI is InChI=1S/C18H20F3N3O/c19-18(20,21)25-17-5-3-15(4-6-17)13-23-8-10-24(11-9-23)14-16-2-1-7-22-12-16/h1-7,12H,8-11,13-14H2. The molecule has 0 atom stereocenters. The second-order valence-electron chi connectivity index (χ2n) is 6.11. The zero-order chi connectivity index (χ0) is 17.7. The third-order valence-electron chi connectivity index (χ3n) is 4.16. The van der Waals surface area contributed by atoms with Gasteiger partial charge in [0.25, 0.3) is 0 Å². The summed E-state index contributed by atoms with van der Waals surface area (Å²) in [5.74, 6) is -0.183. The first-order chi connectivity index (χ1) is 12.0. The number of halogens is 3. The Kier molecular flexibility index (Phi) is 5.55. The van der Waals surface area contributed by atoms with Crippen molar-refractivity contribution in [3.63, 3.8) is 0 Å². The van der Waals surface area contributed by atoms with Crippen LogP contribution in [0.4, 0.5) is 13.2 Å². The van der Waals surface area contributed by atoms with E-state index in [1.807, 2.05) is 12.3 Å². The molecule has 1 saturated heterocycles. The molecule has 134 valence electrons. The lowest BCUT2D eigenvalue weighted by molar-refractivity contribution is -0.274. The number of piperazine rings is 1. The van der Waals surface area contributed by atoms with E-state index in [2.05, 4.69) is 25.6 Å². The van der Waals surface area contributed by atoms with Crippen LogP contribution in [0.5, 0.6) is 5.75 Å². The number of hydrogen-bond acceptors (Lipinski definition) is 4. The van der Waals surface area contributed by atoms with Gasteiger partial charge in [-0.1, -0.05) is 18.2 Å². The van der Waals surface area contributed by atoms with Gasteiger partial charge in [0.15, 0.2) is 0 Å². The van der Waals surface area contributed by atoms with E-state index >= 15 is 0 Å². The molecule has 0 aliphatic carbocycles. The van der Waals surface area contributed by atoms with Crippen molar-refractivity contribution in [2.24, 2.45) is 0 Å². The molecule has 0 unspecified atom stereocenters. The van der Waals surface area contributed by atoms with Crippen LogP contribution >= 0.6 is 0 Å². The molecule has 25 heavy (non-hydrogen) atoms. The first-order valence-corrected chi connectivity index (χ1v) is 8.16. The zero-order valence-electron chi connectivity index (χ0n) is 13.7. The van der Waals surface area contributed by atoms with Gasteiger partial charge in [-0.2, -0.15) is 0 Å². The van der Waals surface area contributed by atoms with Crippen LogP contribution in [-0.4, -0.2) is 47.3 Å².